The molecule has 0 aliphatic heterocycles. The number of para-hydroxylation sites is 1. The predicted octanol–water partition coefficient (Wildman–Crippen LogP) is 2.64. The van der Waals surface area contributed by atoms with Crippen LogP contribution in [0.1, 0.15) is 32.6 Å². The number of carbonyl (C=O) groups is 2. The van der Waals surface area contributed by atoms with Crippen molar-refractivity contribution < 1.29 is 9.59 Å². The summed E-state index contributed by atoms with van der Waals surface area (Å²) in [6.07, 6.45) is 0. The number of benzene rings is 2. The normalized spacial score (nSPS) is 11.9. The van der Waals surface area contributed by atoms with E-state index in [9.17, 15) is 9.59 Å². The van der Waals surface area contributed by atoms with Crippen LogP contribution in [0.2, 0.25) is 0 Å². The van der Waals surface area contributed by atoms with Gasteiger partial charge in [-0.1, -0.05) is 25.1 Å². The Morgan fingerprint density at radius 2 is 1.67 bits per heavy atom. The highest BCUT2D eigenvalue weighted by Crippen LogP contribution is 2.20. The molecular weight excluding hydrogens is 382 g/mol. The Hall–Kier alpha value is -3.59. The number of likely N-dealkylation sites (N-methyl/N-ethyl adjacent to an activating group) is 1. The molecule has 0 saturated heterocycles. The fraction of sp³-hybridized carbons (Fsp3) is 0.286. The summed E-state index contributed by atoms with van der Waals surface area (Å²) in [6.45, 7) is 6.25. The zero-order valence-electron chi connectivity index (χ0n) is 17.2. The van der Waals surface area contributed by atoms with Crippen molar-refractivity contribution in [2.24, 2.45) is 0 Å². The molecule has 3 aromatic rings. The molecule has 0 saturated carbocycles. The lowest BCUT2D eigenvalue weighted by molar-refractivity contribution is -0.118. The Morgan fingerprint density at radius 1 is 1.03 bits per heavy atom. The number of amides is 2. The highest BCUT2D eigenvalue weighted by molar-refractivity contribution is 5.93. The minimum atomic E-state index is -0.168. The van der Waals surface area contributed by atoms with Crippen LogP contribution < -0.4 is 10.6 Å². The maximum atomic E-state index is 12.6. The fourth-order valence-corrected chi connectivity index (χ4v) is 3.12. The van der Waals surface area contributed by atoms with Gasteiger partial charge in [-0.05, 0) is 60.3 Å². The first-order valence-electron chi connectivity index (χ1n) is 9.73. The lowest BCUT2D eigenvalue weighted by Gasteiger charge is -2.26. The van der Waals surface area contributed by atoms with Crippen molar-refractivity contribution in [3.63, 3.8) is 0 Å². The van der Waals surface area contributed by atoms with Crippen molar-refractivity contribution in [1.82, 2.24) is 25.1 Å². The first-order chi connectivity index (χ1) is 14.5. The number of aromatic nitrogens is 4. The van der Waals surface area contributed by atoms with Gasteiger partial charge in [0, 0.05) is 18.3 Å². The molecule has 1 aromatic heterocycles. The SMILES string of the molecule is CCN(CC(=O)Nc1ccc(NC(C)=O)cc1)C(C)c1nnnn1-c1ccccc1. The van der Waals surface area contributed by atoms with E-state index >= 15 is 0 Å². The second-order valence-corrected chi connectivity index (χ2v) is 6.83. The van der Waals surface area contributed by atoms with E-state index in [1.807, 2.05) is 49.1 Å². The number of nitrogens with one attached hydrogen (secondary N) is 2. The number of anilines is 2. The maximum absolute atomic E-state index is 12.6. The highest BCUT2D eigenvalue weighted by Gasteiger charge is 2.23. The summed E-state index contributed by atoms with van der Waals surface area (Å²) in [7, 11) is 0. The lowest BCUT2D eigenvalue weighted by Crippen LogP contribution is -2.36. The molecule has 156 valence electrons. The van der Waals surface area contributed by atoms with Gasteiger partial charge in [-0.25, -0.2) is 0 Å². The van der Waals surface area contributed by atoms with Gasteiger partial charge in [-0.2, -0.15) is 4.68 Å². The van der Waals surface area contributed by atoms with Crippen LogP contribution in [0.3, 0.4) is 0 Å². The molecule has 2 aromatic carbocycles. The van der Waals surface area contributed by atoms with Crippen LogP contribution >= 0.6 is 0 Å². The third kappa shape index (κ3) is 5.26. The minimum Gasteiger partial charge on any atom is -0.326 e. The summed E-state index contributed by atoms with van der Waals surface area (Å²) in [4.78, 5) is 25.7. The van der Waals surface area contributed by atoms with Gasteiger partial charge >= 0.3 is 0 Å². The van der Waals surface area contributed by atoms with Gasteiger partial charge in [-0.15, -0.1) is 5.10 Å². The van der Waals surface area contributed by atoms with Crippen molar-refractivity contribution >= 4 is 23.2 Å². The molecule has 0 aliphatic rings. The predicted molar refractivity (Wildman–Crippen MR) is 114 cm³/mol. The number of nitrogens with zero attached hydrogens (tertiary/aromatic N) is 5. The smallest absolute Gasteiger partial charge is 0.238 e. The van der Waals surface area contributed by atoms with Crippen molar-refractivity contribution in [2.75, 3.05) is 23.7 Å². The van der Waals surface area contributed by atoms with Gasteiger partial charge in [0.25, 0.3) is 0 Å². The summed E-state index contributed by atoms with van der Waals surface area (Å²) in [5.41, 5.74) is 2.20. The van der Waals surface area contributed by atoms with Gasteiger partial charge < -0.3 is 10.6 Å². The van der Waals surface area contributed by atoms with E-state index in [1.54, 1.807) is 28.9 Å². The monoisotopic (exact) mass is 407 g/mol. The molecule has 1 heterocycles. The van der Waals surface area contributed by atoms with Crippen molar-refractivity contribution in [3.05, 3.63) is 60.4 Å². The molecule has 0 aliphatic carbocycles. The van der Waals surface area contributed by atoms with Gasteiger partial charge in [0.15, 0.2) is 5.82 Å². The number of rotatable bonds is 8. The van der Waals surface area contributed by atoms with Crippen LogP contribution in [0, 0.1) is 0 Å². The van der Waals surface area contributed by atoms with E-state index in [1.165, 1.54) is 6.92 Å². The van der Waals surface area contributed by atoms with Crippen LogP contribution in [0.5, 0.6) is 0 Å². The standard InChI is InChI=1S/C21H25N7O2/c1-4-27(14-20(30)23-18-12-10-17(11-13-18)22-16(3)29)15(2)21-24-25-26-28(21)19-8-6-5-7-9-19/h5-13,15H,4,14H2,1-3H3,(H,22,29)(H,23,30). The Balaban J connectivity index is 1.66. The number of carbonyl (C=O) groups excluding carboxylic acids is 2. The Kier molecular flexibility index (Phi) is 6.87. The number of hydrogen-bond acceptors (Lipinski definition) is 6. The number of tetrazole rings is 1. The minimum absolute atomic E-state index is 0.141. The summed E-state index contributed by atoms with van der Waals surface area (Å²) in [5, 5.41) is 17.7. The average Bonchev–Trinajstić information content (AvgIpc) is 3.23. The number of hydrogen-bond donors (Lipinski definition) is 2. The summed E-state index contributed by atoms with van der Waals surface area (Å²) in [6, 6.07) is 16.5. The molecule has 1 unspecified atom stereocenters. The van der Waals surface area contributed by atoms with Crippen molar-refractivity contribution in [2.45, 2.75) is 26.8 Å². The Morgan fingerprint density at radius 3 is 2.27 bits per heavy atom. The molecule has 9 heteroatoms. The first-order valence-corrected chi connectivity index (χ1v) is 9.73. The van der Waals surface area contributed by atoms with Crippen LogP contribution in [0.25, 0.3) is 5.69 Å². The quantitative estimate of drug-likeness (QED) is 0.595. The third-order valence-electron chi connectivity index (χ3n) is 4.66. The molecule has 2 amide bonds. The molecule has 0 radical (unpaired) electrons. The second-order valence-electron chi connectivity index (χ2n) is 6.83. The lowest BCUT2D eigenvalue weighted by atomic mass is 10.2. The van der Waals surface area contributed by atoms with Crippen LogP contribution in [0.15, 0.2) is 54.6 Å². The zero-order chi connectivity index (χ0) is 21.5. The molecule has 3 rings (SSSR count). The summed E-state index contributed by atoms with van der Waals surface area (Å²) < 4.78 is 1.69. The van der Waals surface area contributed by atoms with Gasteiger partial charge in [0.2, 0.25) is 11.8 Å². The van der Waals surface area contributed by atoms with E-state index in [4.69, 9.17) is 0 Å². The molecule has 0 bridgehead atoms. The molecular formula is C21H25N7O2. The summed E-state index contributed by atoms with van der Waals surface area (Å²) in [5.74, 6) is 0.377. The van der Waals surface area contributed by atoms with Gasteiger partial charge in [0.1, 0.15) is 0 Å². The molecule has 9 nitrogen and oxygen atoms in total. The molecule has 30 heavy (non-hydrogen) atoms. The van der Waals surface area contributed by atoms with Crippen LogP contribution in [0.4, 0.5) is 11.4 Å². The Labute approximate surface area is 175 Å². The van der Waals surface area contributed by atoms with Gasteiger partial charge in [-0.3, -0.25) is 14.5 Å². The zero-order valence-corrected chi connectivity index (χ0v) is 17.2. The molecule has 0 fully saturated rings. The van der Waals surface area contributed by atoms with E-state index in [2.05, 4.69) is 26.2 Å². The van der Waals surface area contributed by atoms with Crippen LogP contribution in [-0.4, -0.2) is 50.0 Å². The highest BCUT2D eigenvalue weighted by atomic mass is 16.2. The van der Waals surface area contributed by atoms with Crippen molar-refractivity contribution in [3.8, 4) is 5.69 Å². The second kappa shape index (κ2) is 9.75. The first kappa shape index (κ1) is 21.1. The van der Waals surface area contributed by atoms with E-state index in [-0.39, 0.29) is 24.4 Å². The van der Waals surface area contributed by atoms with Gasteiger partial charge in [0.05, 0.1) is 18.3 Å². The van der Waals surface area contributed by atoms with E-state index in [0.717, 1.165) is 5.69 Å². The molecule has 2 N–H and O–H groups in total. The molecule has 1 atom stereocenters. The average molecular weight is 407 g/mol. The largest absolute Gasteiger partial charge is 0.326 e. The Bertz CT molecular complexity index is 986. The van der Waals surface area contributed by atoms with Crippen molar-refractivity contribution in [1.29, 1.82) is 0 Å². The van der Waals surface area contributed by atoms with E-state index in [0.29, 0.717) is 23.7 Å². The van der Waals surface area contributed by atoms with Crippen LogP contribution in [-0.2, 0) is 9.59 Å². The fourth-order valence-electron chi connectivity index (χ4n) is 3.12. The maximum Gasteiger partial charge on any atom is 0.238 e. The topological polar surface area (TPSA) is 105 Å². The van der Waals surface area contributed by atoms with E-state index < -0.39 is 0 Å². The molecule has 0 spiro atoms. The third-order valence-corrected chi connectivity index (χ3v) is 4.66. The summed E-state index contributed by atoms with van der Waals surface area (Å²) >= 11 is 0.